The van der Waals surface area contributed by atoms with E-state index in [-0.39, 0.29) is 6.04 Å². The van der Waals surface area contributed by atoms with Gasteiger partial charge in [-0.15, -0.1) is 5.10 Å². The summed E-state index contributed by atoms with van der Waals surface area (Å²) in [5.74, 6) is 1.31. The first kappa shape index (κ1) is 11.5. The topological polar surface area (TPSA) is 73.9 Å². The SMILES string of the molecule is COc1cccc(-c2cnnc(C(C)N)n2)c1. The third kappa shape index (κ3) is 2.57. The molecule has 0 spiro atoms. The summed E-state index contributed by atoms with van der Waals surface area (Å²) in [5, 5.41) is 7.79. The molecule has 0 saturated carbocycles. The number of aromatic nitrogens is 3. The predicted octanol–water partition coefficient (Wildman–Crippen LogP) is 1.57. The lowest BCUT2D eigenvalue weighted by Gasteiger charge is -2.06. The van der Waals surface area contributed by atoms with Crippen LogP contribution in [0.5, 0.6) is 5.75 Å². The molecule has 5 heteroatoms. The van der Waals surface area contributed by atoms with Crippen molar-refractivity contribution in [1.29, 1.82) is 0 Å². The molecule has 17 heavy (non-hydrogen) atoms. The zero-order valence-electron chi connectivity index (χ0n) is 9.79. The fraction of sp³-hybridized carbons (Fsp3) is 0.250. The van der Waals surface area contributed by atoms with Crippen molar-refractivity contribution >= 4 is 0 Å². The number of hydrogen-bond acceptors (Lipinski definition) is 5. The minimum atomic E-state index is -0.229. The number of benzene rings is 1. The van der Waals surface area contributed by atoms with Crippen molar-refractivity contribution < 1.29 is 4.74 Å². The number of nitrogens with zero attached hydrogens (tertiary/aromatic N) is 3. The molecule has 0 bridgehead atoms. The van der Waals surface area contributed by atoms with Crippen LogP contribution in [0.4, 0.5) is 0 Å². The van der Waals surface area contributed by atoms with Crippen molar-refractivity contribution in [2.24, 2.45) is 5.73 Å². The third-order valence-electron chi connectivity index (χ3n) is 2.35. The first-order chi connectivity index (χ1) is 8.20. The van der Waals surface area contributed by atoms with Crippen LogP contribution in [0.3, 0.4) is 0 Å². The highest BCUT2D eigenvalue weighted by molar-refractivity contribution is 5.60. The monoisotopic (exact) mass is 230 g/mol. The highest BCUT2D eigenvalue weighted by atomic mass is 16.5. The number of nitrogens with two attached hydrogens (primary N) is 1. The molecule has 2 N–H and O–H groups in total. The average Bonchev–Trinajstić information content (AvgIpc) is 2.39. The van der Waals surface area contributed by atoms with Gasteiger partial charge < -0.3 is 10.5 Å². The maximum absolute atomic E-state index is 5.73. The zero-order chi connectivity index (χ0) is 12.3. The predicted molar refractivity (Wildman–Crippen MR) is 64.4 cm³/mol. The molecule has 1 aromatic carbocycles. The lowest BCUT2D eigenvalue weighted by atomic mass is 10.1. The van der Waals surface area contributed by atoms with Crippen LogP contribution in [-0.2, 0) is 0 Å². The van der Waals surface area contributed by atoms with Crippen LogP contribution in [0.2, 0.25) is 0 Å². The van der Waals surface area contributed by atoms with Gasteiger partial charge in [0.2, 0.25) is 0 Å². The van der Waals surface area contributed by atoms with E-state index in [2.05, 4.69) is 15.2 Å². The van der Waals surface area contributed by atoms with Crippen molar-refractivity contribution in [3.05, 3.63) is 36.3 Å². The van der Waals surface area contributed by atoms with E-state index in [1.807, 2.05) is 31.2 Å². The van der Waals surface area contributed by atoms with Crippen LogP contribution < -0.4 is 10.5 Å². The van der Waals surface area contributed by atoms with E-state index in [9.17, 15) is 0 Å². The van der Waals surface area contributed by atoms with Gasteiger partial charge in [-0.25, -0.2) is 4.98 Å². The molecule has 0 amide bonds. The van der Waals surface area contributed by atoms with Gasteiger partial charge in [-0.3, -0.25) is 0 Å². The van der Waals surface area contributed by atoms with Crippen LogP contribution in [0.1, 0.15) is 18.8 Å². The molecule has 0 aliphatic rings. The molecule has 0 fully saturated rings. The van der Waals surface area contributed by atoms with Gasteiger partial charge in [0.25, 0.3) is 0 Å². The number of ether oxygens (including phenoxy) is 1. The van der Waals surface area contributed by atoms with Crippen molar-refractivity contribution in [1.82, 2.24) is 15.2 Å². The maximum Gasteiger partial charge on any atom is 0.168 e. The van der Waals surface area contributed by atoms with Gasteiger partial charge in [-0.1, -0.05) is 12.1 Å². The van der Waals surface area contributed by atoms with Gasteiger partial charge in [-0.05, 0) is 19.1 Å². The summed E-state index contributed by atoms with van der Waals surface area (Å²) in [7, 11) is 1.63. The Morgan fingerprint density at radius 3 is 2.88 bits per heavy atom. The first-order valence-electron chi connectivity index (χ1n) is 5.30. The Hall–Kier alpha value is -2.01. The molecular weight excluding hydrogens is 216 g/mol. The van der Waals surface area contributed by atoms with Gasteiger partial charge in [-0.2, -0.15) is 5.10 Å². The van der Waals surface area contributed by atoms with Crippen LogP contribution >= 0.6 is 0 Å². The minimum absolute atomic E-state index is 0.229. The van der Waals surface area contributed by atoms with Crippen molar-refractivity contribution in [3.63, 3.8) is 0 Å². The van der Waals surface area contributed by atoms with E-state index in [4.69, 9.17) is 10.5 Å². The Kier molecular flexibility index (Phi) is 3.30. The molecule has 5 nitrogen and oxygen atoms in total. The van der Waals surface area contributed by atoms with Gasteiger partial charge in [0.05, 0.1) is 25.0 Å². The maximum atomic E-state index is 5.73. The van der Waals surface area contributed by atoms with E-state index < -0.39 is 0 Å². The van der Waals surface area contributed by atoms with Crippen LogP contribution in [-0.4, -0.2) is 22.3 Å². The van der Waals surface area contributed by atoms with E-state index in [0.717, 1.165) is 17.0 Å². The number of hydrogen-bond donors (Lipinski definition) is 1. The van der Waals surface area contributed by atoms with E-state index in [1.165, 1.54) is 0 Å². The molecule has 0 radical (unpaired) electrons. The Labute approximate surface area is 99.7 Å². The number of methoxy groups -OCH3 is 1. The largest absolute Gasteiger partial charge is 0.497 e. The molecule has 0 aliphatic carbocycles. The molecule has 1 atom stereocenters. The molecule has 2 rings (SSSR count). The normalized spacial score (nSPS) is 12.2. The van der Waals surface area contributed by atoms with E-state index in [1.54, 1.807) is 13.3 Å². The summed E-state index contributed by atoms with van der Waals surface area (Å²) in [6.07, 6.45) is 1.61. The quantitative estimate of drug-likeness (QED) is 0.866. The summed E-state index contributed by atoms with van der Waals surface area (Å²) in [5.41, 5.74) is 7.40. The standard InChI is InChI=1S/C12H14N4O/c1-8(13)12-15-11(7-14-16-12)9-4-3-5-10(6-9)17-2/h3-8H,13H2,1-2H3. The second kappa shape index (κ2) is 4.88. The van der Waals surface area contributed by atoms with Gasteiger partial charge in [0.15, 0.2) is 5.82 Å². The summed E-state index contributed by atoms with van der Waals surface area (Å²) in [6, 6.07) is 7.40. The zero-order valence-corrected chi connectivity index (χ0v) is 9.79. The van der Waals surface area contributed by atoms with Gasteiger partial charge in [0.1, 0.15) is 5.75 Å². The Morgan fingerprint density at radius 2 is 2.18 bits per heavy atom. The Bertz CT molecular complexity index is 513. The second-order valence-corrected chi connectivity index (χ2v) is 3.72. The Morgan fingerprint density at radius 1 is 1.35 bits per heavy atom. The van der Waals surface area contributed by atoms with E-state index in [0.29, 0.717) is 5.82 Å². The van der Waals surface area contributed by atoms with Crippen LogP contribution in [0, 0.1) is 0 Å². The molecule has 0 saturated heterocycles. The lowest BCUT2D eigenvalue weighted by Crippen LogP contribution is -2.11. The lowest BCUT2D eigenvalue weighted by molar-refractivity contribution is 0.415. The van der Waals surface area contributed by atoms with Crippen molar-refractivity contribution in [2.45, 2.75) is 13.0 Å². The average molecular weight is 230 g/mol. The van der Waals surface area contributed by atoms with Crippen molar-refractivity contribution in [3.8, 4) is 17.0 Å². The second-order valence-electron chi connectivity index (χ2n) is 3.72. The Balaban J connectivity index is 2.41. The summed E-state index contributed by atoms with van der Waals surface area (Å²) in [4.78, 5) is 4.36. The highest BCUT2D eigenvalue weighted by Crippen LogP contribution is 2.21. The third-order valence-corrected chi connectivity index (χ3v) is 2.35. The smallest absolute Gasteiger partial charge is 0.168 e. The molecule has 0 aliphatic heterocycles. The minimum Gasteiger partial charge on any atom is -0.497 e. The molecular formula is C12H14N4O. The summed E-state index contributed by atoms with van der Waals surface area (Å²) in [6.45, 7) is 1.83. The molecule has 2 aromatic rings. The first-order valence-corrected chi connectivity index (χ1v) is 5.30. The molecule has 88 valence electrons. The van der Waals surface area contributed by atoms with Crippen LogP contribution in [0.15, 0.2) is 30.5 Å². The molecule has 1 unspecified atom stereocenters. The summed E-state index contributed by atoms with van der Waals surface area (Å²) < 4.78 is 5.17. The van der Waals surface area contributed by atoms with E-state index >= 15 is 0 Å². The molecule has 1 aromatic heterocycles. The van der Waals surface area contributed by atoms with Gasteiger partial charge in [0, 0.05) is 5.56 Å². The van der Waals surface area contributed by atoms with Crippen molar-refractivity contribution in [2.75, 3.05) is 7.11 Å². The number of rotatable bonds is 3. The fourth-order valence-electron chi connectivity index (χ4n) is 1.43. The molecule has 1 heterocycles. The fourth-order valence-corrected chi connectivity index (χ4v) is 1.43. The highest BCUT2D eigenvalue weighted by Gasteiger charge is 2.07. The van der Waals surface area contributed by atoms with Gasteiger partial charge >= 0.3 is 0 Å². The summed E-state index contributed by atoms with van der Waals surface area (Å²) >= 11 is 0. The van der Waals surface area contributed by atoms with Crippen LogP contribution in [0.25, 0.3) is 11.3 Å².